The average Bonchev–Trinajstić information content (AvgIpc) is 2.82. The Hall–Kier alpha value is -1.96. The minimum atomic E-state index is -0.971. The summed E-state index contributed by atoms with van der Waals surface area (Å²) in [7, 11) is 0. The Balaban J connectivity index is 2.64. The van der Waals surface area contributed by atoms with Gasteiger partial charge in [0.1, 0.15) is 0 Å². The molecule has 116 valence electrons. The van der Waals surface area contributed by atoms with Gasteiger partial charge in [-0.25, -0.2) is 0 Å². The molecule has 0 aliphatic carbocycles. The highest BCUT2D eigenvalue weighted by Gasteiger charge is 2.25. The molecular weight excluding hydrogens is 296 g/mol. The Morgan fingerprint density at radius 3 is 2.52 bits per heavy atom. The van der Waals surface area contributed by atoms with Crippen LogP contribution in [0.5, 0.6) is 0 Å². The Kier molecular flexibility index (Phi) is 5.42. The van der Waals surface area contributed by atoms with Crippen molar-refractivity contribution in [2.75, 3.05) is 6.54 Å². The van der Waals surface area contributed by atoms with Crippen LogP contribution in [0.3, 0.4) is 0 Å². The zero-order valence-electron chi connectivity index (χ0n) is 12.1. The first kappa shape index (κ1) is 17.1. The highest BCUT2D eigenvalue weighted by Crippen LogP contribution is 2.25. The molecule has 1 amide bonds. The van der Waals surface area contributed by atoms with E-state index in [-0.39, 0.29) is 22.5 Å². The Morgan fingerprint density at radius 1 is 1.48 bits per heavy atom. The predicted molar refractivity (Wildman–Crippen MR) is 78.5 cm³/mol. The molecule has 21 heavy (non-hydrogen) atoms. The van der Waals surface area contributed by atoms with Crippen LogP contribution in [-0.2, 0) is 4.79 Å². The summed E-state index contributed by atoms with van der Waals surface area (Å²) in [6.45, 7) is 5.77. The number of hydrogen-bond donors (Lipinski definition) is 2. The number of rotatable bonds is 6. The lowest BCUT2D eigenvalue weighted by Crippen LogP contribution is -2.34. The molecule has 1 rings (SSSR count). The van der Waals surface area contributed by atoms with Crippen molar-refractivity contribution in [1.29, 1.82) is 0 Å². The number of nitro groups is 1. The lowest BCUT2D eigenvalue weighted by atomic mass is 9.84. The number of amides is 1. The van der Waals surface area contributed by atoms with Crippen LogP contribution in [0.1, 0.15) is 37.6 Å². The summed E-state index contributed by atoms with van der Waals surface area (Å²) in [6.07, 6.45) is 0.423. The van der Waals surface area contributed by atoms with Gasteiger partial charge in [-0.2, -0.15) is 0 Å². The second-order valence-corrected chi connectivity index (χ2v) is 6.83. The van der Waals surface area contributed by atoms with E-state index in [4.69, 9.17) is 5.11 Å². The van der Waals surface area contributed by atoms with Gasteiger partial charge in [0.15, 0.2) is 0 Å². The van der Waals surface area contributed by atoms with Crippen LogP contribution in [0.4, 0.5) is 5.00 Å². The number of thiophene rings is 1. The minimum Gasteiger partial charge on any atom is -0.481 e. The third-order valence-electron chi connectivity index (χ3n) is 2.74. The van der Waals surface area contributed by atoms with Crippen molar-refractivity contribution in [3.8, 4) is 0 Å². The molecule has 0 bridgehead atoms. The molecule has 1 aromatic heterocycles. The quantitative estimate of drug-likeness (QED) is 0.619. The van der Waals surface area contributed by atoms with E-state index in [1.807, 2.05) is 20.8 Å². The van der Waals surface area contributed by atoms with Gasteiger partial charge in [0, 0.05) is 18.0 Å². The first-order chi connectivity index (χ1) is 9.60. The summed E-state index contributed by atoms with van der Waals surface area (Å²) in [5.74, 6) is -2.16. The first-order valence-electron chi connectivity index (χ1n) is 6.34. The fraction of sp³-hybridized carbons (Fsp3) is 0.538. The molecule has 0 aliphatic rings. The van der Waals surface area contributed by atoms with Crippen LogP contribution in [-0.4, -0.2) is 28.5 Å². The van der Waals surface area contributed by atoms with Crippen molar-refractivity contribution in [2.24, 2.45) is 11.3 Å². The highest BCUT2D eigenvalue weighted by molar-refractivity contribution is 7.13. The SMILES string of the molecule is CC(C)(C)CC(CNC(=O)c1csc([N+](=O)[O-])c1)C(=O)O. The molecule has 1 atom stereocenters. The monoisotopic (exact) mass is 314 g/mol. The standard InChI is InChI=1S/C13H18N2O5S/c1-13(2,3)5-9(12(17)18)6-14-11(16)8-4-10(15(19)20)21-7-8/h4,7,9H,5-6H2,1-3H3,(H,14,16)(H,17,18). The van der Waals surface area contributed by atoms with Gasteiger partial charge < -0.3 is 10.4 Å². The molecule has 0 saturated heterocycles. The average molecular weight is 314 g/mol. The summed E-state index contributed by atoms with van der Waals surface area (Å²) in [5, 5.41) is 23.5. The van der Waals surface area contributed by atoms with Gasteiger partial charge >= 0.3 is 11.0 Å². The molecule has 7 nitrogen and oxygen atoms in total. The van der Waals surface area contributed by atoms with Crippen LogP contribution in [0.2, 0.25) is 0 Å². The molecule has 8 heteroatoms. The van der Waals surface area contributed by atoms with Crippen molar-refractivity contribution >= 4 is 28.2 Å². The number of nitrogens with one attached hydrogen (secondary N) is 1. The van der Waals surface area contributed by atoms with Gasteiger partial charge in [-0.15, -0.1) is 0 Å². The van der Waals surface area contributed by atoms with E-state index in [9.17, 15) is 19.7 Å². The summed E-state index contributed by atoms with van der Waals surface area (Å²) in [4.78, 5) is 33.0. The molecule has 0 spiro atoms. The second kappa shape index (κ2) is 6.66. The summed E-state index contributed by atoms with van der Waals surface area (Å²) >= 11 is 0.860. The highest BCUT2D eigenvalue weighted by atomic mass is 32.1. The molecule has 1 heterocycles. The maximum Gasteiger partial charge on any atom is 0.324 e. The van der Waals surface area contributed by atoms with Gasteiger partial charge in [-0.05, 0) is 11.8 Å². The van der Waals surface area contributed by atoms with Crippen LogP contribution >= 0.6 is 11.3 Å². The lowest BCUT2D eigenvalue weighted by molar-refractivity contribution is -0.380. The Bertz CT molecular complexity index is 547. The predicted octanol–water partition coefficient (Wildman–Crippen LogP) is 2.52. The third-order valence-corrected chi connectivity index (χ3v) is 3.62. The molecule has 0 fully saturated rings. The van der Waals surface area contributed by atoms with Gasteiger partial charge in [-0.3, -0.25) is 19.7 Å². The summed E-state index contributed by atoms with van der Waals surface area (Å²) < 4.78 is 0. The van der Waals surface area contributed by atoms with Crippen LogP contribution in [0.25, 0.3) is 0 Å². The maximum atomic E-state index is 11.9. The smallest absolute Gasteiger partial charge is 0.324 e. The van der Waals surface area contributed by atoms with Crippen molar-refractivity contribution < 1.29 is 19.6 Å². The molecule has 0 saturated carbocycles. The zero-order chi connectivity index (χ0) is 16.2. The van der Waals surface area contributed by atoms with Gasteiger partial charge in [0.05, 0.1) is 16.4 Å². The molecule has 1 unspecified atom stereocenters. The number of aliphatic carboxylic acids is 1. The van der Waals surface area contributed by atoms with Crippen LogP contribution in [0.15, 0.2) is 11.4 Å². The fourth-order valence-corrected chi connectivity index (χ4v) is 2.55. The molecule has 0 radical (unpaired) electrons. The number of carbonyl (C=O) groups excluding carboxylic acids is 1. The van der Waals surface area contributed by atoms with E-state index in [0.29, 0.717) is 6.42 Å². The molecule has 1 aromatic rings. The first-order valence-corrected chi connectivity index (χ1v) is 7.22. The van der Waals surface area contributed by atoms with E-state index in [0.717, 1.165) is 11.3 Å². The van der Waals surface area contributed by atoms with Crippen molar-refractivity contribution in [2.45, 2.75) is 27.2 Å². The molecule has 0 aliphatic heterocycles. The molecule has 2 N–H and O–H groups in total. The third kappa shape index (κ3) is 5.50. The largest absolute Gasteiger partial charge is 0.481 e. The summed E-state index contributed by atoms with van der Waals surface area (Å²) in [5.41, 5.74) is 0.00110. The lowest BCUT2D eigenvalue weighted by Gasteiger charge is -2.23. The zero-order valence-corrected chi connectivity index (χ0v) is 12.9. The molecular formula is C13H18N2O5S. The fourth-order valence-electron chi connectivity index (χ4n) is 1.84. The van der Waals surface area contributed by atoms with Crippen LogP contribution in [0, 0.1) is 21.4 Å². The number of hydrogen-bond acceptors (Lipinski definition) is 5. The number of carboxylic acid groups (broad SMARTS) is 1. The van der Waals surface area contributed by atoms with Gasteiger partial charge in [0.2, 0.25) is 0 Å². The van der Waals surface area contributed by atoms with Crippen molar-refractivity contribution in [1.82, 2.24) is 5.32 Å². The van der Waals surface area contributed by atoms with Crippen molar-refractivity contribution in [3.63, 3.8) is 0 Å². The van der Waals surface area contributed by atoms with E-state index < -0.39 is 22.7 Å². The van der Waals surface area contributed by atoms with Crippen LogP contribution < -0.4 is 5.32 Å². The number of carboxylic acids is 1. The second-order valence-electron chi connectivity index (χ2n) is 5.94. The Morgan fingerprint density at radius 2 is 2.10 bits per heavy atom. The van der Waals surface area contributed by atoms with Crippen molar-refractivity contribution in [3.05, 3.63) is 27.1 Å². The van der Waals surface area contributed by atoms with Gasteiger partial charge in [0.25, 0.3) is 5.91 Å². The topological polar surface area (TPSA) is 110 Å². The summed E-state index contributed by atoms with van der Waals surface area (Å²) in [6, 6.07) is 1.18. The van der Waals surface area contributed by atoms with E-state index >= 15 is 0 Å². The minimum absolute atomic E-state index is 0.00488. The van der Waals surface area contributed by atoms with Gasteiger partial charge in [-0.1, -0.05) is 32.1 Å². The van der Waals surface area contributed by atoms with E-state index in [1.165, 1.54) is 11.4 Å². The van der Waals surface area contributed by atoms with E-state index in [2.05, 4.69) is 5.32 Å². The number of carbonyl (C=O) groups is 2. The van der Waals surface area contributed by atoms with E-state index in [1.54, 1.807) is 0 Å². The molecule has 0 aromatic carbocycles. The Labute approximate surface area is 126 Å². The maximum absolute atomic E-state index is 11.9. The number of nitrogens with zero attached hydrogens (tertiary/aromatic N) is 1. The normalized spacial score (nSPS) is 12.7.